The Kier molecular flexibility index (Phi) is 3.57. The van der Waals surface area contributed by atoms with Crippen LogP contribution in [0.15, 0.2) is 54.6 Å². The van der Waals surface area contributed by atoms with Gasteiger partial charge in [-0.2, -0.15) is 0 Å². The summed E-state index contributed by atoms with van der Waals surface area (Å²) in [6.45, 7) is 0. The van der Waals surface area contributed by atoms with Crippen molar-refractivity contribution in [1.29, 1.82) is 0 Å². The molecule has 1 N–H and O–H groups in total. The molecule has 1 saturated carbocycles. The van der Waals surface area contributed by atoms with Gasteiger partial charge in [-0.25, -0.2) is 14.1 Å². The van der Waals surface area contributed by atoms with Gasteiger partial charge in [-0.1, -0.05) is 42.5 Å². The highest BCUT2D eigenvalue weighted by Gasteiger charge is 2.27. The highest BCUT2D eigenvalue weighted by atomic mass is 19.1. The van der Waals surface area contributed by atoms with Crippen molar-refractivity contribution in [3.05, 3.63) is 66.2 Å². The minimum atomic E-state index is -0.422. The van der Waals surface area contributed by atoms with Gasteiger partial charge >= 0.3 is 0 Å². The van der Waals surface area contributed by atoms with Gasteiger partial charge in [-0.3, -0.25) is 4.79 Å². The first-order chi connectivity index (χ1) is 11.7. The van der Waals surface area contributed by atoms with Gasteiger partial charge in [-0.15, -0.1) is 5.10 Å². The molecule has 1 aliphatic carbocycles. The van der Waals surface area contributed by atoms with E-state index < -0.39 is 5.82 Å². The third-order valence-corrected chi connectivity index (χ3v) is 3.84. The van der Waals surface area contributed by atoms with Crippen molar-refractivity contribution in [2.24, 2.45) is 0 Å². The highest BCUT2D eigenvalue weighted by Crippen LogP contribution is 2.23. The molecule has 120 valence electrons. The van der Waals surface area contributed by atoms with Crippen molar-refractivity contribution in [2.45, 2.75) is 18.9 Å². The van der Waals surface area contributed by atoms with Gasteiger partial charge in [0.25, 0.3) is 5.91 Å². The van der Waals surface area contributed by atoms with Gasteiger partial charge in [0.1, 0.15) is 11.5 Å². The highest BCUT2D eigenvalue weighted by molar-refractivity contribution is 5.91. The predicted octanol–water partition coefficient (Wildman–Crippen LogP) is 2.97. The van der Waals surface area contributed by atoms with Crippen LogP contribution < -0.4 is 5.32 Å². The normalized spacial score (nSPS) is 13.7. The molecule has 0 unspecified atom stereocenters. The van der Waals surface area contributed by atoms with E-state index >= 15 is 0 Å². The molecule has 0 atom stereocenters. The largest absolute Gasteiger partial charge is 0.347 e. The summed E-state index contributed by atoms with van der Waals surface area (Å²) in [5, 5.41) is 7.11. The average Bonchev–Trinajstić information content (AvgIpc) is 3.31. The van der Waals surface area contributed by atoms with E-state index in [1.54, 1.807) is 18.2 Å². The first-order valence-electron chi connectivity index (χ1n) is 7.80. The molecule has 0 bridgehead atoms. The first-order valence-corrected chi connectivity index (χ1v) is 7.80. The second-order valence-corrected chi connectivity index (χ2v) is 5.74. The van der Waals surface area contributed by atoms with Crippen LogP contribution >= 0.6 is 0 Å². The van der Waals surface area contributed by atoms with Crippen molar-refractivity contribution in [1.82, 2.24) is 20.1 Å². The minimum absolute atomic E-state index is 0.0454. The molecule has 0 radical (unpaired) electrons. The Morgan fingerprint density at radius 3 is 2.50 bits per heavy atom. The number of nitrogens with one attached hydrogen (secondary N) is 1. The number of hydrogen-bond acceptors (Lipinski definition) is 3. The zero-order valence-electron chi connectivity index (χ0n) is 12.8. The standard InChI is InChI=1S/C18H15FN4O/c19-14-8-4-5-9-15(14)23-17(12-6-2-1-3-7-12)21-16(22-23)18(24)20-13-10-11-13/h1-9,13H,10-11H2,(H,20,24). The number of carbonyl (C=O) groups is 1. The number of benzene rings is 2. The number of carbonyl (C=O) groups excluding carboxylic acids is 1. The molecule has 1 aliphatic rings. The number of para-hydroxylation sites is 1. The van der Waals surface area contributed by atoms with Crippen LogP contribution in [0.5, 0.6) is 0 Å². The van der Waals surface area contributed by atoms with Gasteiger partial charge in [0, 0.05) is 11.6 Å². The van der Waals surface area contributed by atoms with Crippen LogP contribution in [0.4, 0.5) is 4.39 Å². The maximum Gasteiger partial charge on any atom is 0.291 e. The van der Waals surface area contributed by atoms with E-state index in [1.807, 2.05) is 30.3 Å². The van der Waals surface area contributed by atoms with E-state index in [9.17, 15) is 9.18 Å². The van der Waals surface area contributed by atoms with E-state index in [2.05, 4.69) is 15.4 Å². The van der Waals surface area contributed by atoms with Crippen LogP contribution in [-0.4, -0.2) is 26.7 Å². The molecule has 1 fully saturated rings. The number of hydrogen-bond donors (Lipinski definition) is 1. The molecule has 1 aromatic heterocycles. The molecule has 2 aromatic carbocycles. The Bertz CT molecular complexity index is 887. The van der Waals surface area contributed by atoms with Crippen LogP contribution in [-0.2, 0) is 0 Å². The van der Waals surface area contributed by atoms with E-state index in [0.717, 1.165) is 18.4 Å². The molecule has 5 nitrogen and oxygen atoms in total. The third-order valence-electron chi connectivity index (χ3n) is 3.84. The summed E-state index contributed by atoms with van der Waals surface area (Å²) in [6, 6.07) is 15.8. The van der Waals surface area contributed by atoms with Gasteiger partial charge < -0.3 is 5.32 Å². The average molecular weight is 322 g/mol. The van der Waals surface area contributed by atoms with Crippen LogP contribution in [0.3, 0.4) is 0 Å². The second kappa shape index (κ2) is 5.88. The van der Waals surface area contributed by atoms with E-state index in [1.165, 1.54) is 10.7 Å². The monoisotopic (exact) mass is 322 g/mol. The summed E-state index contributed by atoms with van der Waals surface area (Å²) in [5.41, 5.74) is 1.02. The van der Waals surface area contributed by atoms with Crippen LogP contribution in [0.2, 0.25) is 0 Å². The molecular weight excluding hydrogens is 307 g/mol. The second-order valence-electron chi connectivity index (χ2n) is 5.74. The Morgan fingerprint density at radius 2 is 1.79 bits per heavy atom. The number of rotatable bonds is 4. The lowest BCUT2D eigenvalue weighted by Crippen LogP contribution is -2.26. The summed E-state index contributed by atoms with van der Waals surface area (Å²) >= 11 is 0. The topological polar surface area (TPSA) is 59.8 Å². The lowest BCUT2D eigenvalue weighted by atomic mass is 10.2. The Balaban J connectivity index is 1.82. The lowest BCUT2D eigenvalue weighted by molar-refractivity contribution is 0.0940. The SMILES string of the molecule is O=C(NC1CC1)c1nc(-c2ccccc2)n(-c2ccccc2F)n1. The maximum absolute atomic E-state index is 14.2. The van der Waals surface area contributed by atoms with E-state index in [-0.39, 0.29) is 23.5 Å². The van der Waals surface area contributed by atoms with Crippen molar-refractivity contribution < 1.29 is 9.18 Å². The zero-order valence-corrected chi connectivity index (χ0v) is 12.8. The molecule has 6 heteroatoms. The maximum atomic E-state index is 14.2. The van der Waals surface area contributed by atoms with Crippen molar-refractivity contribution >= 4 is 5.91 Å². The molecule has 24 heavy (non-hydrogen) atoms. The van der Waals surface area contributed by atoms with Gasteiger partial charge in [0.15, 0.2) is 5.82 Å². The Hall–Kier alpha value is -3.02. The number of aromatic nitrogens is 3. The molecule has 3 aromatic rings. The number of halogens is 1. The fourth-order valence-corrected chi connectivity index (χ4v) is 2.45. The summed E-state index contributed by atoms with van der Waals surface area (Å²) in [7, 11) is 0. The summed E-state index contributed by atoms with van der Waals surface area (Å²) < 4.78 is 15.6. The van der Waals surface area contributed by atoms with E-state index in [4.69, 9.17) is 0 Å². The fourth-order valence-electron chi connectivity index (χ4n) is 2.45. The predicted molar refractivity (Wildman–Crippen MR) is 87.2 cm³/mol. The van der Waals surface area contributed by atoms with Crippen LogP contribution in [0.25, 0.3) is 17.1 Å². The molecule has 4 rings (SSSR count). The van der Waals surface area contributed by atoms with Gasteiger partial charge in [-0.05, 0) is 25.0 Å². The molecule has 0 aliphatic heterocycles. The molecule has 0 saturated heterocycles. The van der Waals surface area contributed by atoms with Gasteiger partial charge in [0.05, 0.1) is 0 Å². The fraction of sp³-hybridized carbons (Fsp3) is 0.167. The van der Waals surface area contributed by atoms with Crippen molar-refractivity contribution in [3.8, 4) is 17.1 Å². The number of nitrogens with zero attached hydrogens (tertiary/aromatic N) is 3. The lowest BCUT2D eigenvalue weighted by Gasteiger charge is -2.06. The van der Waals surface area contributed by atoms with Crippen LogP contribution in [0, 0.1) is 5.82 Å². The molecule has 1 amide bonds. The van der Waals surface area contributed by atoms with Crippen molar-refractivity contribution in [2.75, 3.05) is 0 Å². The Labute approximate surface area is 138 Å². The zero-order chi connectivity index (χ0) is 16.5. The summed E-state index contributed by atoms with van der Waals surface area (Å²) in [6.07, 6.45) is 1.95. The molecule has 1 heterocycles. The van der Waals surface area contributed by atoms with E-state index in [0.29, 0.717) is 5.82 Å². The molecule has 0 spiro atoms. The van der Waals surface area contributed by atoms with Crippen LogP contribution in [0.1, 0.15) is 23.5 Å². The summed E-state index contributed by atoms with van der Waals surface area (Å²) in [4.78, 5) is 16.6. The smallest absolute Gasteiger partial charge is 0.291 e. The molecular formula is C18H15FN4O. The number of amides is 1. The summed E-state index contributed by atoms with van der Waals surface area (Å²) in [5.74, 6) is -0.274. The third kappa shape index (κ3) is 2.78. The van der Waals surface area contributed by atoms with Crippen molar-refractivity contribution in [3.63, 3.8) is 0 Å². The van der Waals surface area contributed by atoms with Gasteiger partial charge in [0.2, 0.25) is 5.82 Å². The first kappa shape index (κ1) is 14.6. The Morgan fingerprint density at radius 1 is 1.08 bits per heavy atom. The quantitative estimate of drug-likeness (QED) is 0.803. The minimum Gasteiger partial charge on any atom is -0.347 e.